The summed E-state index contributed by atoms with van der Waals surface area (Å²) in [6.07, 6.45) is 0.830. The molecule has 5 nitrogen and oxygen atoms in total. The van der Waals surface area contributed by atoms with Gasteiger partial charge in [-0.25, -0.2) is 0 Å². The lowest BCUT2D eigenvalue weighted by Crippen LogP contribution is -2.46. The van der Waals surface area contributed by atoms with E-state index in [1.165, 1.54) is 0 Å². The molecule has 84 valence electrons. The van der Waals surface area contributed by atoms with Gasteiger partial charge in [-0.05, 0) is 12.5 Å². The van der Waals surface area contributed by atoms with Gasteiger partial charge in [0.05, 0.1) is 0 Å². The Morgan fingerprint density at radius 1 is 1.40 bits per heavy atom. The normalized spacial score (nSPS) is 17.5. The smallest absolute Gasteiger partial charge is 0.209 e. The molecular formula is C10H16N2O3. The number of carbonyl (C=O) groups is 2. The summed E-state index contributed by atoms with van der Waals surface area (Å²) < 4.78 is 0. The zero-order chi connectivity index (χ0) is 11.3. The van der Waals surface area contributed by atoms with E-state index in [-0.39, 0.29) is 12.4 Å². The first-order chi connectivity index (χ1) is 7.13. The van der Waals surface area contributed by atoms with Crippen molar-refractivity contribution >= 4 is 12.2 Å². The summed E-state index contributed by atoms with van der Waals surface area (Å²) in [7, 11) is 0. The fourth-order valence-corrected chi connectivity index (χ4v) is 1.21. The fourth-order valence-electron chi connectivity index (χ4n) is 1.21. The zero-order valence-corrected chi connectivity index (χ0v) is 8.94. The summed E-state index contributed by atoms with van der Waals surface area (Å²) >= 11 is 0. The quantitative estimate of drug-likeness (QED) is 0.469. The van der Waals surface area contributed by atoms with Crippen molar-refractivity contribution in [2.45, 2.75) is 6.92 Å². The maximum atomic E-state index is 11.2. The minimum Gasteiger partial charge on any atom is -0.343 e. The van der Waals surface area contributed by atoms with Crippen molar-refractivity contribution < 1.29 is 14.4 Å². The van der Waals surface area contributed by atoms with Gasteiger partial charge in [0.15, 0.2) is 5.78 Å². The minimum absolute atomic E-state index is 0.0381. The van der Waals surface area contributed by atoms with Crippen molar-refractivity contribution in [3.63, 3.8) is 0 Å². The Kier molecular flexibility index (Phi) is 4.45. The highest BCUT2D eigenvalue weighted by Crippen LogP contribution is 2.01. The predicted molar refractivity (Wildman–Crippen MR) is 55.0 cm³/mol. The van der Waals surface area contributed by atoms with Crippen molar-refractivity contribution in [3.05, 3.63) is 12.2 Å². The van der Waals surface area contributed by atoms with E-state index in [2.05, 4.69) is 6.58 Å². The van der Waals surface area contributed by atoms with Crippen LogP contribution in [0.3, 0.4) is 0 Å². The van der Waals surface area contributed by atoms with Gasteiger partial charge in [0, 0.05) is 26.2 Å². The van der Waals surface area contributed by atoms with E-state index in [0.717, 1.165) is 6.41 Å². The largest absolute Gasteiger partial charge is 0.343 e. The van der Waals surface area contributed by atoms with Crippen LogP contribution in [0.1, 0.15) is 6.92 Å². The van der Waals surface area contributed by atoms with E-state index < -0.39 is 0 Å². The molecule has 0 atom stereocenters. The first-order valence-electron chi connectivity index (χ1n) is 4.89. The standard InChI is InChI=1S/C10H16N2O3/c1-9(2)10(14)7-15-12-5-3-11(8-13)4-6-12/h8H,1,3-7H2,2H3. The average Bonchev–Trinajstić information content (AvgIpc) is 2.26. The van der Waals surface area contributed by atoms with E-state index in [0.29, 0.717) is 31.8 Å². The molecule has 1 heterocycles. The summed E-state index contributed by atoms with van der Waals surface area (Å²) in [6.45, 7) is 7.81. The number of piperazine rings is 1. The second-order valence-corrected chi connectivity index (χ2v) is 3.55. The van der Waals surface area contributed by atoms with Gasteiger partial charge in [-0.3, -0.25) is 14.4 Å². The van der Waals surface area contributed by atoms with Crippen molar-refractivity contribution in [1.82, 2.24) is 9.96 Å². The molecule has 0 aromatic carbocycles. The lowest BCUT2D eigenvalue weighted by Gasteiger charge is -2.31. The molecule has 0 N–H and O–H groups in total. The Morgan fingerprint density at radius 2 is 2.00 bits per heavy atom. The van der Waals surface area contributed by atoms with Crippen LogP contribution in [0.25, 0.3) is 0 Å². The molecule has 1 rings (SSSR count). The number of hydroxylamine groups is 2. The van der Waals surface area contributed by atoms with E-state index in [9.17, 15) is 9.59 Å². The second kappa shape index (κ2) is 5.63. The molecular weight excluding hydrogens is 196 g/mol. The van der Waals surface area contributed by atoms with Gasteiger partial charge in [-0.15, -0.1) is 0 Å². The van der Waals surface area contributed by atoms with Crippen molar-refractivity contribution in [2.75, 3.05) is 32.8 Å². The molecule has 0 spiro atoms. The number of hydrogen-bond donors (Lipinski definition) is 0. The molecule has 1 amide bonds. The summed E-state index contributed by atoms with van der Waals surface area (Å²) in [4.78, 5) is 28.6. The maximum Gasteiger partial charge on any atom is 0.209 e. The van der Waals surface area contributed by atoms with Crippen LogP contribution in [0.15, 0.2) is 12.2 Å². The number of hydrogen-bond acceptors (Lipinski definition) is 4. The van der Waals surface area contributed by atoms with E-state index in [1.54, 1.807) is 16.9 Å². The van der Waals surface area contributed by atoms with Crippen LogP contribution in [-0.4, -0.2) is 54.9 Å². The van der Waals surface area contributed by atoms with Crippen LogP contribution in [0.4, 0.5) is 0 Å². The topological polar surface area (TPSA) is 49.9 Å². The third-order valence-electron chi connectivity index (χ3n) is 2.28. The van der Waals surface area contributed by atoms with Gasteiger partial charge in [-0.1, -0.05) is 6.58 Å². The molecule has 5 heteroatoms. The number of Topliss-reactive ketones (excluding diaryl/α,β-unsaturated/α-hetero) is 1. The molecule has 0 bridgehead atoms. The van der Waals surface area contributed by atoms with Gasteiger partial charge in [0.25, 0.3) is 0 Å². The lowest BCUT2D eigenvalue weighted by atomic mass is 10.2. The Morgan fingerprint density at radius 3 is 2.47 bits per heavy atom. The van der Waals surface area contributed by atoms with Crippen molar-refractivity contribution in [2.24, 2.45) is 0 Å². The first-order valence-corrected chi connectivity index (χ1v) is 4.89. The molecule has 0 radical (unpaired) electrons. The number of ketones is 1. The number of amides is 1. The molecule has 0 aliphatic carbocycles. The molecule has 0 saturated carbocycles. The number of carbonyl (C=O) groups excluding carboxylic acids is 2. The fraction of sp³-hybridized carbons (Fsp3) is 0.600. The Hall–Kier alpha value is -1.20. The molecule has 1 aliphatic heterocycles. The predicted octanol–water partition coefficient (Wildman–Crippen LogP) is -0.163. The monoisotopic (exact) mass is 212 g/mol. The SMILES string of the molecule is C=C(C)C(=O)CON1CCN(C=O)CC1. The highest BCUT2D eigenvalue weighted by molar-refractivity contribution is 5.95. The van der Waals surface area contributed by atoms with Gasteiger partial charge < -0.3 is 4.90 Å². The summed E-state index contributed by atoms with van der Waals surface area (Å²) in [5.41, 5.74) is 0.501. The van der Waals surface area contributed by atoms with Crippen LogP contribution >= 0.6 is 0 Å². The molecule has 0 aromatic heterocycles. The average molecular weight is 212 g/mol. The van der Waals surface area contributed by atoms with Crippen LogP contribution in [0, 0.1) is 0 Å². The van der Waals surface area contributed by atoms with Gasteiger partial charge in [0.2, 0.25) is 6.41 Å². The maximum absolute atomic E-state index is 11.2. The Labute approximate surface area is 89.2 Å². The Balaban J connectivity index is 2.21. The zero-order valence-electron chi connectivity index (χ0n) is 8.94. The van der Waals surface area contributed by atoms with Crippen molar-refractivity contribution in [3.8, 4) is 0 Å². The number of nitrogens with zero attached hydrogens (tertiary/aromatic N) is 2. The van der Waals surface area contributed by atoms with Crippen LogP contribution in [-0.2, 0) is 14.4 Å². The van der Waals surface area contributed by atoms with Gasteiger partial charge in [0.1, 0.15) is 6.61 Å². The Bertz CT molecular complexity index is 257. The minimum atomic E-state index is -0.0900. The third kappa shape index (κ3) is 3.81. The van der Waals surface area contributed by atoms with E-state index >= 15 is 0 Å². The highest BCUT2D eigenvalue weighted by Gasteiger charge is 2.16. The second-order valence-electron chi connectivity index (χ2n) is 3.55. The van der Waals surface area contributed by atoms with Gasteiger partial charge in [-0.2, -0.15) is 5.06 Å². The molecule has 15 heavy (non-hydrogen) atoms. The highest BCUT2D eigenvalue weighted by atomic mass is 16.7. The first kappa shape index (κ1) is 11.9. The molecule has 1 aliphatic rings. The summed E-state index contributed by atoms with van der Waals surface area (Å²) in [5, 5.41) is 1.71. The van der Waals surface area contributed by atoms with Crippen molar-refractivity contribution in [1.29, 1.82) is 0 Å². The molecule has 0 aromatic rings. The molecule has 1 fully saturated rings. The van der Waals surface area contributed by atoms with Crippen LogP contribution in [0.2, 0.25) is 0 Å². The lowest BCUT2D eigenvalue weighted by molar-refractivity contribution is -0.180. The van der Waals surface area contributed by atoms with E-state index in [4.69, 9.17) is 4.84 Å². The van der Waals surface area contributed by atoms with Gasteiger partial charge >= 0.3 is 0 Å². The molecule has 0 unspecified atom stereocenters. The third-order valence-corrected chi connectivity index (χ3v) is 2.28. The van der Waals surface area contributed by atoms with Crippen LogP contribution in [0.5, 0.6) is 0 Å². The van der Waals surface area contributed by atoms with E-state index in [1.807, 2.05) is 0 Å². The van der Waals surface area contributed by atoms with Crippen LogP contribution < -0.4 is 0 Å². The number of rotatable bonds is 5. The summed E-state index contributed by atoms with van der Waals surface area (Å²) in [5.74, 6) is -0.0900. The molecule has 1 saturated heterocycles. The summed E-state index contributed by atoms with van der Waals surface area (Å²) in [6, 6.07) is 0.